The van der Waals surface area contributed by atoms with E-state index in [9.17, 15) is 8.78 Å². The first-order valence-electron chi connectivity index (χ1n) is 4.19. The van der Waals surface area contributed by atoms with Crippen LogP contribution in [0.2, 0.25) is 0 Å². The van der Waals surface area contributed by atoms with E-state index in [1.165, 1.54) is 0 Å². The lowest BCUT2D eigenvalue weighted by Crippen LogP contribution is -2.36. The van der Waals surface area contributed by atoms with Gasteiger partial charge in [-0.25, -0.2) is 8.78 Å². The summed E-state index contributed by atoms with van der Waals surface area (Å²) in [5.74, 6) is -0.0218. The molecule has 0 aromatic rings. The molecule has 3 heteroatoms. The molecular weight excluding hydrogens is 160 g/mol. The molecule has 0 unspecified atom stereocenters. The topological polar surface area (TPSA) is 3.24 Å². The van der Waals surface area contributed by atoms with Crippen LogP contribution in [0.3, 0.4) is 0 Å². The van der Waals surface area contributed by atoms with E-state index in [-0.39, 0.29) is 13.0 Å². The SMILES string of the molecule is C#C[C@@]12CCCN1CC(F)(F)C2. The predicted molar refractivity (Wildman–Crippen MR) is 41.9 cm³/mol. The van der Waals surface area contributed by atoms with Gasteiger partial charge in [-0.05, 0) is 19.4 Å². The highest BCUT2D eigenvalue weighted by molar-refractivity contribution is 5.21. The van der Waals surface area contributed by atoms with Crippen molar-refractivity contribution < 1.29 is 8.78 Å². The highest BCUT2D eigenvalue weighted by Crippen LogP contribution is 2.45. The second kappa shape index (κ2) is 2.20. The molecular formula is C9H11F2N. The van der Waals surface area contributed by atoms with Crippen molar-refractivity contribution in [2.24, 2.45) is 0 Å². The average molecular weight is 171 g/mol. The van der Waals surface area contributed by atoms with E-state index in [4.69, 9.17) is 6.42 Å². The smallest absolute Gasteiger partial charge is 0.263 e. The molecule has 2 fully saturated rings. The zero-order chi connectivity index (χ0) is 8.82. The van der Waals surface area contributed by atoms with Gasteiger partial charge in [0, 0.05) is 6.42 Å². The van der Waals surface area contributed by atoms with Crippen LogP contribution >= 0.6 is 0 Å². The van der Waals surface area contributed by atoms with Gasteiger partial charge in [-0.15, -0.1) is 6.42 Å². The van der Waals surface area contributed by atoms with Crippen molar-refractivity contribution in [1.29, 1.82) is 0 Å². The molecule has 2 aliphatic rings. The molecule has 0 bridgehead atoms. The lowest BCUT2D eigenvalue weighted by molar-refractivity contribution is 0.0104. The number of hydrogen-bond donors (Lipinski definition) is 0. The molecule has 0 aliphatic carbocycles. The summed E-state index contributed by atoms with van der Waals surface area (Å²) in [5.41, 5.74) is -0.608. The van der Waals surface area contributed by atoms with Crippen LogP contribution in [0.1, 0.15) is 19.3 Å². The van der Waals surface area contributed by atoms with Crippen LogP contribution in [0.5, 0.6) is 0 Å². The maximum Gasteiger partial charge on any atom is 0.263 e. The zero-order valence-corrected chi connectivity index (χ0v) is 6.82. The van der Waals surface area contributed by atoms with E-state index < -0.39 is 11.5 Å². The number of alkyl halides is 2. The fraction of sp³-hybridized carbons (Fsp3) is 0.778. The molecule has 0 spiro atoms. The van der Waals surface area contributed by atoms with Gasteiger partial charge in [-0.1, -0.05) is 5.92 Å². The van der Waals surface area contributed by atoms with Crippen LogP contribution in [0.25, 0.3) is 0 Å². The highest BCUT2D eigenvalue weighted by atomic mass is 19.3. The van der Waals surface area contributed by atoms with Crippen LogP contribution in [-0.4, -0.2) is 29.5 Å². The zero-order valence-electron chi connectivity index (χ0n) is 6.82. The maximum absolute atomic E-state index is 13.0. The number of terminal acetylenes is 1. The Balaban J connectivity index is 2.27. The minimum Gasteiger partial charge on any atom is -0.281 e. The Kier molecular flexibility index (Phi) is 1.47. The summed E-state index contributed by atoms with van der Waals surface area (Å²) in [6.45, 7) is 0.594. The van der Waals surface area contributed by atoms with E-state index in [0.29, 0.717) is 0 Å². The van der Waals surface area contributed by atoms with Crippen LogP contribution in [-0.2, 0) is 0 Å². The number of rotatable bonds is 0. The van der Waals surface area contributed by atoms with Gasteiger partial charge < -0.3 is 0 Å². The molecule has 2 heterocycles. The molecule has 0 radical (unpaired) electrons. The van der Waals surface area contributed by atoms with Crippen molar-refractivity contribution in [3.05, 3.63) is 0 Å². The Hall–Kier alpha value is -0.620. The standard InChI is InChI=1S/C9H11F2N/c1-2-8-4-3-5-12(8)7-9(10,11)6-8/h1H,3-7H2/t8-/m0/s1. The monoisotopic (exact) mass is 171 g/mol. The molecule has 0 aromatic carbocycles. The van der Waals surface area contributed by atoms with Gasteiger partial charge in [0.2, 0.25) is 0 Å². The van der Waals surface area contributed by atoms with E-state index in [1.54, 1.807) is 4.90 Å². The second-order valence-electron chi connectivity index (χ2n) is 3.73. The molecule has 2 saturated heterocycles. The Morgan fingerprint density at radius 3 is 2.75 bits per heavy atom. The molecule has 0 N–H and O–H groups in total. The highest BCUT2D eigenvalue weighted by Gasteiger charge is 2.55. The molecule has 1 atom stereocenters. The molecule has 66 valence electrons. The third-order valence-corrected chi connectivity index (χ3v) is 2.87. The van der Waals surface area contributed by atoms with Crippen LogP contribution in [0, 0.1) is 12.3 Å². The summed E-state index contributed by atoms with van der Waals surface area (Å²) < 4.78 is 25.9. The molecule has 1 nitrogen and oxygen atoms in total. The molecule has 0 saturated carbocycles. The number of nitrogens with zero attached hydrogens (tertiary/aromatic N) is 1. The van der Waals surface area contributed by atoms with Crippen LogP contribution in [0.4, 0.5) is 8.78 Å². The van der Waals surface area contributed by atoms with Gasteiger partial charge in [-0.3, -0.25) is 4.90 Å². The van der Waals surface area contributed by atoms with Gasteiger partial charge >= 0.3 is 0 Å². The van der Waals surface area contributed by atoms with Crippen molar-refractivity contribution >= 4 is 0 Å². The first-order valence-corrected chi connectivity index (χ1v) is 4.19. The quantitative estimate of drug-likeness (QED) is 0.499. The van der Waals surface area contributed by atoms with Crippen molar-refractivity contribution in [1.82, 2.24) is 4.90 Å². The molecule has 0 amide bonds. The van der Waals surface area contributed by atoms with E-state index in [0.717, 1.165) is 19.4 Å². The first-order chi connectivity index (χ1) is 5.58. The Morgan fingerprint density at radius 2 is 2.17 bits per heavy atom. The minimum absolute atomic E-state index is 0.142. The Bertz CT molecular complexity index is 243. The summed E-state index contributed by atoms with van der Waals surface area (Å²) in [6, 6.07) is 0. The van der Waals surface area contributed by atoms with Gasteiger partial charge in [0.15, 0.2) is 0 Å². The first kappa shape index (κ1) is 8.00. The molecule has 2 rings (SSSR count). The number of hydrogen-bond acceptors (Lipinski definition) is 1. The maximum atomic E-state index is 13.0. The largest absolute Gasteiger partial charge is 0.281 e. The second-order valence-corrected chi connectivity index (χ2v) is 3.73. The minimum atomic E-state index is -2.56. The molecule has 2 aliphatic heterocycles. The van der Waals surface area contributed by atoms with E-state index in [1.807, 2.05) is 0 Å². The van der Waals surface area contributed by atoms with Crippen molar-refractivity contribution in [2.75, 3.05) is 13.1 Å². The predicted octanol–water partition coefficient (Wildman–Crippen LogP) is 1.49. The number of fused-ring (bicyclic) bond motifs is 1. The Morgan fingerprint density at radius 1 is 1.42 bits per heavy atom. The summed E-state index contributed by atoms with van der Waals surface area (Å²) in [7, 11) is 0. The third kappa shape index (κ3) is 0.947. The molecule has 0 aromatic heterocycles. The number of halogens is 2. The molecule has 12 heavy (non-hydrogen) atoms. The van der Waals surface area contributed by atoms with Gasteiger partial charge in [0.1, 0.15) is 0 Å². The van der Waals surface area contributed by atoms with Crippen LogP contribution in [0.15, 0.2) is 0 Å². The van der Waals surface area contributed by atoms with Crippen molar-refractivity contribution in [2.45, 2.75) is 30.7 Å². The van der Waals surface area contributed by atoms with Crippen LogP contribution < -0.4 is 0 Å². The Labute approximate surface area is 70.7 Å². The average Bonchev–Trinajstić information content (AvgIpc) is 2.40. The lowest BCUT2D eigenvalue weighted by Gasteiger charge is -2.24. The van der Waals surface area contributed by atoms with Gasteiger partial charge in [0.05, 0.1) is 12.1 Å². The van der Waals surface area contributed by atoms with E-state index >= 15 is 0 Å². The summed E-state index contributed by atoms with van der Waals surface area (Å²) in [4.78, 5) is 1.76. The fourth-order valence-electron chi connectivity index (χ4n) is 2.34. The lowest BCUT2D eigenvalue weighted by atomic mass is 9.94. The van der Waals surface area contributed by atoms with Gasteiger partial charge in [0.25, 0.3) is 5.92 Å². The summed E-state index contributed by atoms with van der Waals surface area (Å²) >= 11 is 0. The van der Waals surface area contributed by atoms with Crippen molar-refractivity contribution in [3.63, 3.8) is 0 Å². The third-order valence-electron chi connectivity index (χ3n) is 2.87. The normalized spacial score (nSPS) is 39.4. The fourth-order valence-corrected chi connectivity index (χ4v) is 2.34. The summed E-state index contributed by atoms with van der Waals surface area (Å²) in [5, 5.41) is 0. The van der Waals surface area contributed by atoms with Gasteiger partial charge in [-0.2, -0.15) is 0 Å². The van der Waals surface area contributed by atoms with E-state index in [2.05, 4.69) is 5.92 Å². The summed E-state index contributed by atoms with van der Waals surface area (Å²) in [6.07, 6.45) is 6.86. The van der Waals surface area contributed by atoms with Crippen molar-refractivity contribution in [3.8, 4) is 12.3 Å².